The summed E-state index contributed by atoms with van der Waals surface area (Å²) in [4.78, 5) is 12.2. The lowest BCUT2D eigenvalue weighted by Gasteiger charge is -2.45. The van der Waals surface area contributed by atoms with Crippen molar-refractivity contribution in [2.75, 3.05) is 6.54 Å². The van der Waals surface area contributed by atoms with Crippen LogP contribution >= 0.6 is 11.6 Å². The number of sulfonamides is 1. The Hall–Kier alpha value is -2.24. The van der Waals surface area contributed by atoms with Crippen molar-refractivity contribution >= 4 is 27.5 Å². The average Bonchev–Trinajstić information content (AvgIpc) is 2.71. The van der Waals surface area contributed by atoms with Crippen LogP contribution in [0.2, 0.25) is 5.02 Å². The summed E-state index contributed by atoms with van der Waals surface area (Å²) >= 11 is 5.98. The van der Waals surface area contributed by atoms with E-state index in [9.17, 15) is 22.7 Å². The van der Waals surface area contributed by atoms with Crippen molar-refractivity contribution in [3.05, 3.63) is 58.9 Å². The number of rotatable bonds is 6. The van der Waals surface area contributed by atoms with Gasteiger partial charge in [0.1, 0.15) is 24.2 Å². The molecule has 3 rings (SSSR count). The number of aliphatic hydroxyl groups is 1. The van der Waals surface area contributed by atoms with Gasteiger partial charge >= 0.3 is 0 Å². The van der Waals surface area contributed by atoms with E-state index in [-0.39, 0.29) is 29.5 Å². The highest BCUT2D eigenvalue weighted by atomic mass is 35.5. The van der Waals surface area contributed by atoms with Gasteiger partial charge in [0.05, 0.1) is 16.0 Å². The van der Waals surface area contributed by atoms with Crippen molar-refractivity contribution in [2.24, 2.45) is 5.41 Å². The quantitative estimate of drug-likeness (QED) is 0.427. The highest BCUT2D eigenvalue weighted by molar-refractivity contribution is 7.89. The number of benzene rings is 2. The summed E-state index contributed by atoms with van der Waals surface area (Å²) in [5, 5.41) is 19.5. The number of halogens is 2. The van der Waals surface area contributed by atoms with E-state index in [0.29, 0.717) is 11.3 Å². The van der Waals surface area contributed by atoms with E-state index in [0.717, 1.165) is 4.31 Å². The minimum atomic E-state index is -4.18. The van der Waals surface area contributed by atoms with Gasteiger partial charge in [-0.3, -0.25) is 10.0 Å². The fraction of sp³-hybridized carbons (Fsp3) is 0.381. The average molecular weight is 487 g/mol. The van der Waals surface area contributed by atoms with E-state index in [1.807, 2.05) is 0 Å². The first kappa shape index (κ1) is 24.4. The van der Waals surface area contributed by atoms with Crippen LogP contribution in [0.1, 0.15) is 25.8 Å². The molecule has 0 saturated carbocycles. The van der Waals surface area contributed by atoms with Crippen LogP contribution in [-0.2, 0) is 21.4 Å². The Morgan fingerprint density at radius 2 is 1.94 bits per heavy atom. The number of piperidine rings is 1. The third-order valence-corrected chi connectivity index (χ3v) is 7.58. The van der Waals surface area contributed by atoms with Crippen molar-refractivity contribution < 1.29 is 32.7 Å². The van der Waals surface area contributed by atoms with Crippen LogP contribution in [0.5, 0.6) is 5.75 Å². The van der Waals surface area contributed by atoms with Crippen molar-refractivity contribution in [1.29, 1.82) is 0 Å². The molecule has 1 fully saturated rings. The molecule has 1 aliphatic heterocycles. The number of amides is 1. The Kier molecular flexibility index (Phi) is 7.11. The van der Waals surface area contributed by atoms with Gasteiger partial charge in [-0.1, -0.05) is 31.5 Å². The molecule has 0 spiro atoms. The summed E-state index contributed by atoms with van der Waals surface area (Å²) in [6, 6.07) is 8.23. The molecule has 3 N–H and O–H groups in total. The Bertz CT molecular complexity index is 1090. The molecule has 0 bridgehead atoms. The van der Waals surface area contributed by atoms with Crippen molar-refractivity contribution in [2.45, 2.75) is 43.9 Å². The first-order valence-electron chi connectivity index (χ1n) is 9.76. The fourth-order valence-corrected chi connectivity index (χ4v) is 5.91. The number of carbonyl (C=O) groups excluding carboxylic acids is 1. The van der Waals surface area contributed by atoms with E-state index in [4.69, 9.17) is 21.5 Å². The molecule has 0 unspecified atom stereocenters. The molecule has 2 aromatic carbocycles. The minimum absolute atomic E-state index is 0.0520. The lowest BCUT2D eigenvalue weighted by molar-refractivity contribution is -0.140. The monoisotopic (exact) mass is 486 g/mol. The van der Waals surface area contributed by atoms with Gasteiger partial charge in [-0.2, -0.15) is 4.31 Å². The second-order valence-electron chi connectivity index (χ2n) is 8.30. The summed E-state index contributed by atoms with van der Waals surface area (Å²) in [5.74, 6) is -0.984. The molecule has 174 valence electrons. The number of β-amino-alcohol motifs (C(OH)–C–C–N with tert-alkyl or cyclic N) is 1. The number of hydroxylamine groups is 1. The number of aliphatic hydroxyl groups excluding tert-OH is 1. The van der Waals surface area contributed by atoms with E-state index >= 15 is 0 Å². The van der Waals surface area contributed by atoms with Gasteiger partial charge in [0.25, 0.3) is 5.91 Å². The standard InChI is InChI=1S/C21H24ClFN2O6S/c1-21(2)10-15(26)11-25(19(21)20(27)24-28)32(29,30)17-7-5-16(6-8-17)31-12-13-3-4-14(23)9-18(13)22/h3-9,15,19,26,28H,10-12H2,1-2H3,(H,24,27)/t15-,19+/m1/s1. The maximum Gasteiger partial charge on any atom is 0.262 e. The molecule has 1 saturated heterocycles. The topological polar surface area (TPSA) is 116 Å². The normalized spacial score (nSPS) is 21.2. The van der Waals surface area contributed by atoms with Gasteiger partial charge in [-0.25, -0.2) is 18.3 Å². The Labute approximate surface area is 190 Å². The minimum Gasteiger partial charge on any atom is -0.489 e. The largest absolute Gasteiger partial charge is 0.489 e. The lowest BCUT2D eigenvalue weighted by atomic mass is 9.76. The number of hydrogen-bond acceptors (Lipinski definition) is 6. The number of hydrogen-bond donors (Lipinski definition) is 3. The van der Waals surface area contributed by atoms with Crippen LogP contribution in [0.3, 0.4) is 0 Å². The Morgan fingerprint density at radius 3 is 2.53 bits per heavy atom. The molecular weight excluding hydrogens is 463 g/mol. The molecular formula is C21H24ClFN2O6S. The number of ether oxygens (including phenoxy) is 1. The van der Waals surface area contributed by atoms with Crippen molar-refractivity contribution in [3.63, 3.8) is 0 Å². The highest BCUT2D eigenvalue weighted by Gasteiger charge is 2.50. The Balaban J connectivity index is 1.82. The van der Waals surface area contributed by atoms with Gasteiger partial charge in [0.15, 0.2) is 0 Å². The molecule has 2 atom stereocenters. The van der Waals surface area contributed by atoms with Crippen LogP contribution in [-0.4, -0.2) is 47.6 Å². The maximum absolute atomic E-state index is 13.3. The number of nitrogens with zero attached hydrogens (tertiary/aromatic N) is 1. The molecule has 1 amide bonds. The van der Waals surface area contributed by atoms with Crippen LogP contribution < -0.4 is 10.2 Å². The van der Waals surface area contributed by atoms with Crippen LogP contribution in [0.15, 0.2) is 47.4 Å². The Morgan fingerprint density at radius 1 is 1.28 bits per heavy atom. The smallest absolute Gasteiger partial charge is 0.262 e. The van der Waals surface area contributed by atoms with E-state index in [1.165, 1.54) is 47.9 Å². The zero-order valence-corrected chi connectivity index (χ0v) is 19.0. The predicted molar refractivity (Wildman–Crippen MR) is 114 cm³/mol. The molecule has 2 aromatic rings. The second kappa shape index (κ2) is 9.32. The fourth-order valence-electron chi connectivity index (χ4n) is 3.91. The third-order valence-electron chi connectivity index (χ3n) is 5.38. The third kappa shape index (κ3) is 5.05. The number of nitrogens with one attached hydrogen (secondary N) is 1. The van der Waals surface area contributed by atoms with Gasteiger partial charge in [-0.15, -0.1) is 0 Å². The van der Waals surface area contributed by atoms with Gasteiger partial charge in [0.2, 0.25) is 10.0 Å². The van der Waals surface area contributed by atoms with E-state index in [1.54, 1.807) is 13.8 Å². The predicted octanol–water partition coefficient (Wildman–Crippen LogP) is 2.71. The van der Waals surface area contributed by atoms with Crippen molar-refractivity contribution in [3.8, 4) is 5.75 Å². The summed E-state index contributed by atoms with van der Waals surface area (Å²) < 4.78 is 46.2. The molecule has 0 aromatic heterocycles. The summed E-state index contributed by atoms with van der Waals surface area (Å²) in [7, 11) is -4.18. The lowest BCUT2D eigenvalue weighted by Crippen LogP contribution is -2.62. The summed E-state index contributed by atoms with van der Waals surface area (Å²) in [6.07, 6.45) is -0.777. The highest BCUT2D eigenvalue weighted by Crippen LogP contribution is 2.38. The first-order chi connectivity index (χ1) is 15.0. The zero-order valence-electron chi connectivity index (χ0n) is 17.5. The molecule has 32 heavy (non-hydrogen) atoms. The van der Waals surface area contributed by atoms with Gasteiger partial charge < -0.3 is 9.84 Å². The molecule has 1 heterocycles. The van der Waals surface area contributed by atoms with E-state index < -0.39 is 39.3 Å². The molecule has 0 aliphatic carbocycles. The SMILES string of the molecule is CC1(C)C[C@@H](O)CN(S(=O)(=O)c2ccc(OCc3ccc(F)cc3Cl)cc2)[C@H]1C(=O)NO. The maximum atomic E-state index is 13.3. The summed E-state index contributed by atoms with van der Waals surface area (Å²) in [5.41, 5.74) is 1.17. The molecule has 11 heteroatoms. The molecule has 1 aliphatic rings. The second-order valence-corrected chi connectivity index (χ2v) is 10.6. The summed E-state index contributed by atoms with van der Waals surface area (Å²) in [6.45, 7) is 3.06. The van der Waals surface area contributed by atoms with Gasteiger partial charge in [0, 0.05) is 12.1 Å². The number of carbonyl (C=O) groups is 1. The van der Waals surface area contributed by atoms with Crippen LogP contribution in [0.4, 0.5) is 4.39 Å². The van der Waals surface area contributed by atoms with E-state index in [2.05, 4.69) is 0 Å². The molecule has 0 radical (unpaired) electrons. The first-order valence-corrected chi connectivity index (χ1v) is 11.6. The molecule has 8 nitrogen and oxygen atoms in total. The van der Waals surface area contributed by atoms with Crippen molar-refractivity contribution in [1.82, 2.24) is 9.79 Å². The van der Waals surface area contributed by atoms with Crippen LogP contribution in [0.25, 0.3) is 0 Å². The van der Waals surface area contributed by atoms with Gasteiger partial charge in [-0.05, 0) is 48.2 Å². The zero-order chi connectivity index (χ0) is 23.7. The van der Waals surface area contributed by atoms with Crippen LogP contribution in [0, 0.1) is 11.2 Å².